The number of H-pyrrole nitrogens is 1. The van der Waals surface area contributed by atoms with Crippen molar-refractivity contribution in [1.82, 2.24) is 15.2 Å². The predicted octanol–water partition coefficient (Wildman–Crippen LogP) is 3.69. The maximum absolute atomic E-state index is 10.8. The SMILES string of the molecule is CC(C)c1nc(S[C@H](C)c2cccc([N+](=O)[O-])c2)n[nH]1. The Bertz CT molecular complexity index is 612. The molecule has 0 aliphatic heterocycles. The molecular formula is C13H16N4O2S. The highest BCUT2D eigenvalue weighted by Crippen LogP contribution is 2.34. The summed E-state index contributed by atoms with van der Waals surface area (Å²) >= 11 is 1.48. The normalized spacial score (nSPS) is 12.6. The first-order valence-corrected chi connectivity index (χ1v) is 7.18. The van der Waals surface area contributed by atoms with Gasteiger partial charge in [0, 0.05) is 23.3 Å². The van der Waals surface area contributed by atoms with E-state index in [0.29, 0.717) is 11.1 Å². The lowest BCUT2D eigenvalue weighted by molar-refractivity contribution is -0.384. The fourth-order valence-electron chi connectivity index (χ4n) is 1.69. The van der Waals surface area contributed by atoms with Crippen LogP contribution in [-0.4, -0.2) is 20.1 Å². The molecule has 1 N–H and O–H groups in total. The van der Waals surface area contributed by atoms with Crippen molar-refractivity contribution in [2.24, 2.45) is 0 Å². The van der Waals surface area contributed by atoms with Gasteiger partial charge in [0.15, 0.2) is 0 Å². The van der Waals surface area contributed by atoms with Crippen LogP contribution in [0.5, 0.6) is 0 Å². The summed E-state index contributed by atoms with van der Waals surface area (Å²) in [7, 11) is 0. The molecule has 0 bridgehead atoms. The lowest BCUT2D eigenvalue weighted by Gasteiger charge is -2.08. The highest BCUT2D eigenvalue weighted by Gasteiger charge is 2.15. The van der Waals surface area contributed by atoms with Crippen LogP contribution in [0.3, 0.4) is 0 Å². The number of nitrogens with zero attached hydrogens (tertiary/aromatic N) is 3. The van der Waals surface area contributed by atoms with E-state index in [1.54, 1.807) is 12.1 Å². The number of non-ortho nitro benzene ring substituents is 1. The fraction of sp³-hybridized carbons (Fsp3) is 0.385. The zero-order valence-corrected chi connectivity index (χ0v) is 12.3. The molecule has 1 heterocycles. The van der Waals surface area contributed by atoms with Crippen LogP contribution in [0.15, 0.2) is 29.4 Å². The van der Waals surface area contributed by atoms with Gasteiger partial charge in [-0.05, 0) is 12.5 Å². The topological polar surface area (TPSA) is 84.7 Å². The number of hydrogen-bond donors (Lipinski definition) is 1. The third kappa shape index (κ3) is 3.36. The fourth-order valence-corrected chi connectivity index (χ4v) is 2.53. The molecule has 1 aromatic heterocycles. The van der Waals surface area contributed by atoms with Crippen LogP contribution in [-0.2, 0) is 0 Å². The van der Waals surface area contributed by atoms with Crippen LogP contribution in [0.25, 0.3) is 0 Å². The third-order valence-electron chi connectivity index (χ3n) is 2.86. The van der Waals surface area contributed by atoms with E-state index in [-0.39, 0.29) is 15.9 Å². The molecule has 0 aliphatic carbocycles. The van der Waals surface area contributed by atoms with E-state index in [4.69, 9.17) is 0 Å². The van der Waals surface area contributed by atoms with Gasteiger partial charge >= 0.3 is 0 Å². The molecule has 0 amide bonds. The lowest BCUT2D eigenvalue weighted by atomic mass is 10.1. The monoisotopic (exact) mass is 292 g/mol. The molecule has 0 fully saturated rings. The van der Waals surface area contributed by atoms with E-state index in [2.05, 4.69) is 15.2 Å². The van der Waals surface area contributed by atoms with E-state index in [1.807, 2.05) is 26.8 Å². The Kier molecular flexibility index (Phi) is 4.39. The van der Waals surface area contributed by atoms with Crippen molar-refractivity contribution < 1.29 is 4.92 Å². The van der Waals surface area contributed by atoms with Crippen LogP contribution in [0.1, 0.15) is 43.3 Å². The lowest BCUT2D eigenvalue weighted by Crippen LogP contribution is -1.93. The summed E-state index contributed by atoms with van der Waals surface area (Å²) in [5, 5.41) is 18.5. The van der Waals surface area contributed by atoms with Gasteiger partial charge < -0.3 is 0 Å². The summed E-state index contributed by atoms with van der Waals surface area (Å²) < 4.78 is 0. The maximum Gasteiger partial charge on any atom is 0.269 e. The van der Waals surface area contributed by atoms with Crippen molar-refractivity contribution in [2.45, 2.75) is 37.1 Å². The van der Waals surface area contributed by atoms with Crippen LogP contribution in [0.4, 0.5) is 5.69 Å². The van der Waals surface area contributed by atoms with Crippen molar-refractivity contribution in [3.05, 3.63) is 45.8 Å². The molecule has 2 aromatic rings. The second-order valence-corrected chi connectivity index (χ2v) is 6.08. The molecule has 0 unspecified atom stereocenters. The summed E-state index contributed by atoms with van der Waals surface area (Å²) in [6.07, 6.45) is 0. The Morgan fingerprint density at radius 1 is 1.35 bits per heavy atom. The first-order chi connectivity index (χ1) is 9.47. The molecule has 0 saturated carbocycles. The van der Waals surface area contributed by atoms with Crippen LogP contribution in [0, 0.1) is 10.1 Å². The van der Waals surface area contributed by atoms with Crippen molar-refractivity contribution in [1.29, 1.82) is 0 Å². The maximum atomic E-state index is 10.8. The molecule has 7 heteroatoms. The molecule has 106 valence electrons. The smallest absolute Gasteiger partial charge is 0.262 e. The summed E-state index contributed by atoms with van der Waals surface area (Å²) in [5.41, 5.74) is 0.993. The van der Waals surface area contributed by atoms with E-state index in [0.717, 1.165) is 11.4 Å². The standard InChI is InChI=1S/C13H16N4O2S/c1-8(2)12-14-13(16-15-12)20-9(3)10-5-4-6-11(7-10)17(18)19/h4-9H,1-3H3,(H,14,15,16)/t9-/m1/s1. The van der Waals surface area contributed by atoms with Gasteiger partial charge in [-0.25, -0.2) is 4.98 Å². The van der Waals surface area contributed by atoms with E-state index in [9.17, 15) is 10.1 Å². The molecule has 1 atom stereocenters. The van der Waals surface area contributed by atoms with Crippen molar-refractivity contribution in [2.75, 3.05) is 0 Å². The first-order valence-electron chi connectivity index (χ1n) is 6.30. The average Bonchev–Trinajstić information content (AvgIpc) is 2.87. The molecule has 20 heavy (non-hydrogen) atoms. The van der Waals surface area contributed by atoms with Crippen molar-refractivity contribution in [3.8, 4) is 0 Å². The number of benzene rings is 1. The molecule has 6 nitrogen and oxygen atoms in total. The Balaban J connectivity index is 2.12. The number of aromatic nitrogens is 3. The Morgan fingerprint density at radius 3 is 2.70 bits per heavy atom. The predicted molar refractivity (Wildman–Crippen MR) is 77.8 cm³/mol. The molecule has 1 aromatic carbocycles. The molecule has 0 aliphatic rings. The van der Waals surface area contributed by atoms with Gasteiger partial charge in [-0.1, -0.05) is 37.7 Å². The number of thioether (sulfide) groups is 1. The Labute approximate surface area is 121 Å². The first kappa shape index (κ1) is 14.5. The van der Waals surface area contributed by atoms with Crippen LogP contribution < -0.4 is 0 Å². The summed E-state index contributed by atoms with van der Waals surface area (Å²) in [6, 6.07) is 6.65. The summed E-state index contributed by atoms with van der Waals surface area (Å²) in [4.78, 5) is 14.8. The highest BCUT2D eigenvalue weighted by atomic mass is 32.2. The van der Waals surface area contributed by atoms with Gasteiger partial charge in [0.25, 0.3) is 5.69 Å². The Hall–Kier alpha value is -1.89. The highest BCUT2D eigenvalue weighted by molar-refractivity contribution is 7.99. The summed E-state index contributed by atoms with van der Waals surface area (Å²) in [5.74, 6) is 1.14. The van der Waals surface area contributed by atoms with Gasteiger partial charge in [-0.15, -0.1) is 5.10 Å². The number of hydrogen-bond acceptors (Lipinski definition) is 5. The number of nitro groups is 1. The third-order valence-corrected chi connectivity index (χ3v) is 3.88. The molecule has 0 spiro atoms. The van der Waals surface area contributed by atoms with Gasteiger partial charge in [-0.3, -0.25) is 15.2 Å². The molecule has 0 saturated heterocycles. The minimum absolute atomic E-state index is 0.0470. The quantitative estimate of drug-likeness (QED) is 0.516. The number of nitro benzene ring substituents is 1. The second-order valence-electron chi connectivity index (χ2n) is 4.77. The minimum atomic E-state index is -0.384. The number of rotatable bonds is 5. The average molecular weight is 292 g/mol. The number of aromatic amines is 1. The summed E-state index contributed by atoms with van der Waals surface area (Å²) in [6.45, 7) is 6.06. The van der Waals surface area contributed by atoms with Crippen molar-refractivity contribution in [3.63, 3.8) is 0 Å². The van der Waals surface area contributed by atoms with E-state index in [1.165, 1.54) is 17.8 Å². The van der Waals surface area contributed by atoms with Crippen LogP contribution >= 0.6 is 11.8 Å². The zero-order valence-electron chi connectivity index (χ0n) is 11.5. The van der Waals surface area contributed by atoms with Gasteiger partial charge in [0.2, 0.25) is 5.16 Å². The molecule has 0 radical (unpaired) electrons. The van der Waals surface area contributed by atoms with Crippen molar-refractivity contribution >= 4 is 17.4 Å². The number of nitrogens with one attached hydrogen (secondary N) is 1. The van der Waals surface area contributed by atoms with E-state index < -0.39 is 0 Å². The van der Waals surface area contributed by atoms with Gasteiger partial charge in [0.1, 0.15) is 5.82 Å². The molecule has 2 rings (SSSR count). The molecular weight excluding hydrogens is 276 g/mol. The van der Waals surface area contributed by atoms with E-state index >= 15 is 0 Å². The second kappa shape index (κ2) is 6.04. The van der Waals surface area contributed by atoms with Gasteiger partial charge in [0.05, 0.1) is 4.92 Å². The largest absolute Gasteiger partial charge is 0.269 e. The van der Waals surface area contributed by atoms with Gasteiger partial charge in [-0.2, -0.15) is 0 Å². The minimum Gasteiger partial charge on any atom is -0.262 e. The Morgan fingerprint density at radius 2 is 2.10 bits per heavy atom. The zero-order chi connectivity index (χ0) is 14.7. The van der Waals surface area contributed by atoms with Crippen LogP contribution in [0.2, 0.25) is 0 Å².